The van der Waals surface area contributed by atoms with E-state index in [-0.39, 0.29) is 54.3 Å². The van der Waals surface area contributed by atoms with Crippen LogP contribution in [-0.2, 0) is 16.0 Å². The lowest BCUT2D eigenvalue weighted by Gasteiger charge is -2.26. The minimum atomic E-state index is -0.0629. The fraction of sp³-hybridized carbons (Fsp3) is 0.400. The van der Waals surface area contributed by atoms with Crippen LogP contribution in [-0.4, -0.2) is 68.4 Å². The number of carbonyl (C=O) groups excluding carboxylic acids is 2. The second-order valence-corrected chi connectivity index (χ2v) is 8.32. The number of likely N-dealkylation sites (tertiary alicyclic amines) is 1. The van der Waals surface area contributed by atoms with Gasteiger partial charge in [-0.1, -0.05) is 60.7 Å². The van der Waals surface area contributed by atoms with Gasteiger partial charge in [-0.3, -0.25) is 9.59 Å². The van der Waals surface area contributed by atoms with Gasteiger partial charge in [0.1, 0.15) is 6.54 Å². The Kier molecular flexibility index (Phi) is 10.6. The van der Waals surface area contributed by atoms with Crippen molar-refractivity contribution in [3.8, 4) is 0 Å². The van der Waals surface area contributed by atoms with Crippen molar-refractivity contribution in [2.75, 3.05) is 40.8 Å². The van der Waals surface area contributed by atoms with Crippen molar-refractivity contribution < 1.29 is 9.59 Å². The molecule has 0 aromatic heterocycles. The van der Waals surface area contributed by atoms with Crippen molar-refractivity contribution in [1.82, 2.24) is 20.4 Å². The lowest BCUT2D eigenvalue weighted by molar-refractivity contribution is -0.128. The number of hydrogen-bond donors (Lipinski definition) is 2. The average molecular weight is 563 g/mol. The molecule has 0 spiro atoms. The molecule has 2 unspecified atom stereocenters. The molecule has 2 amide bonds. The standard InChI is InChI=1S/C25H33N5O2.HI/c1-29(2)23(32)18-28-25(26-15-14-19-10-6-4-7-11-19)27-17-21-16-22(31)30(3)24(21)20-12-8-5-9-13-20;/h4-13,21,24H,14-18H2,1-3H3,(H2,26,27,28);1H. The van der Waals surface area contributed by atoms with Gasteiger partial charge in [0.15, 0.2) is 5.96 Å². The first-order valence-corrected chi connectivity index (χ1v) is 11.0. The number of hydrogen-bond acceptors (Lipinski definition) is 3. The van der Waals surface area contributed by atoms with Crippen LogP contribution in [0.3, 0.4) is 0 Å². The van der Waals surface area contributed by atoms with Crippen LogP contribution in [0.15, 0.2) is 65.7 Å². The van der Waals surface area contributed by atoms with E-state index in [1.54, 1.807) is 14.1 Å². The lowest BCUT2D eigenvalue weighted by atomic mass is 9.94. The number of guanidine groups is 1. The zero-order chi connectivity index (χ0) is 22.9. The van der Waals surface area contributed by atoms with E-state index in [4.69, 9.17) is 0 Å². The average Bonchev–Trinajstić information content (AvgIpc) is 3.09. The Morgan fingerprint density at radius 1 is 1.06 bits per heavy atom. The van der Waals surface area contributed by atoms with Gasteiger partial charge >= 0.3 is 0 Å². The maximum atomic E-state index is 12.4. The van der Waals surface area contributed by atoms with Crippen LogP contribution in [0.1, 0.15) is 23.6 Å². The Morgan fingerprint density at radius 2 is 1.70 bits per heavy atom. The number of benzene rings is 2. The monoisotopic (exact) mass is 563 g/mol. The number of halogens is 1. The Hall–Kier alpha value is -2.62. The van der Waals surface area contributed by atoms with Crippen LogP contribution in [0.5, 0.6) is 0 Å². The highest BCUT2D eigenvalue weighted by atomic mass is 127. The molecule has 1 heterocycles. The summed E-state index contributed by atoms with van der Waals surface area (Å²) in [6.45, 7) is 1.35. The summed E-state index contributed by atoms with van der Waals surface area (Å²) in [4.78, 5) is 32.3. The third-order valence-corrected chi connectivity index (χ3v) is 5.79. The van der Waals surface area contributed by atoms with E-state index in [0.717, 1.165) is 12.0 Å². The molecule has 1 aliphatic rings. The predicted molar refractivity (Wildman–Crippen MR) is 143 cm³/mol. The van der Waals surface area contributed by atoms with Crippen LogP contribution in [0.2, 0.25) is 0 Å². The molecule has 0 saturated carbocycles. The SMILES string of the molecule is CN(C)C(=O)CN=C(NCCc1ccccc1)NCC1CC(=O)N(C)C1c1ccccc1.I. The zero-order valence-corrected chi connectivity index (χ0v) is 21.9. The van der Waals surface area contributed by atoms with Gasteiger partial charge < -0.3 is 20.4 Å². The van der Waals surface area contributed by atoms with Gasteiger partial charge in [-0.05, 0) is 17.5 Å². The molecule has 1 saturated heterocycles. The predicted octanol–water partition coefficient (Wildman–Crippen LogP) is 2.69. The van der Waals surface area contributed by atoms with Crippen LogP contribution < -0.4 is 10.6 Å². The molecule has 0 bridgehead atoms. The summed E-state index contributed by atoms with van der Waals surface area (Å²) < 4.78 is 0. The van der Waals surface area contributed by atoms with Gasteiger partial charge in [-0.2, -0.15) is 0 Å². The summed E-state index contributed by atoms with van der Waals surface area (Å²) in [5.74, 6) is 0.779. The van der Waals surface area contributed by atoms with Crippen LogP contribution in [0.4, 0.5) is 0 Å². The molecule has 33 heavy (non-hydrogen) atoms. The molecule has 2 atom stereocenters. The number of nitrogens with one attached hydrogen (secondary N) is 2. The quantitative estimate of drug-likeness (QED) is 0.294. The van der Waals surface area contributed by atoms with Crippen LogP contribution in [0, 0.1) is 5.92 Å². The summed E-state index contributed by atoms with van der Waals surface area (Å²) in [6.07, 6.45) is 1.33. The van der Waals surface area contributed by atoms with Gasteiger partial charge in [-0.15, -0.1) is 24.0 Å². The third kappa shape index (κ3) is 7.73. The normalized spacial score (nSPS) is 18.0. The molecule has 2 aromatic carbocycles. The maximum absolute atomic E-state index is 12.4. The third-order valence-electron chi connectivity index (χ3n) is 5.79. The highest BCUT2D eigenvalue weighted by molar-refractivity contribution is 14.0. The summed E-state index contributed by atoms with van der Waals surface area (Å²) >= 11 is 0. The van der Waals surface area contributed by atoms with Gasteiger partial charge in [-0.25, -0.2) is 4.99 Å². The van der Waals surface area contributed by atoms with Crippen molar-refractivity contribution in [3.63, 3.8) is 0 Å². The topological polar surface area (TPSA) is 77.0 Å². The first-order valence-electron chi connectivity index (χ1n) is 11.0. The van der Waals surface area contributed by atoms with Crippen molar-refractivity contribution >= 4 is 41.8 Å². The molecule has 2 aromatic rings. The van der Waals surface area contributed by atoms with Gasteiger partial charge in [0, 0.05) is 46.6 Å². The van der Waals surface area contributed by atoms with Gasteiger partial charge in [0.2, 0.25) is 11.8 Å². The number of aliphatic imine (C=N–C) groups is 1. The summed E-state index contributed by atoms with van der Waals surface area (Å²) in [5, 5.41) is 6.71. The summed E-state index contributed by atoms with van der Waals surface area (Å²) in [5.41, 5.74) is 2.36. The molecule has 0 radical (unpaired) electrons. The molecular weight excluding hydrogens is 529 g/mol. The number of carbonyl (C=O) groups is 2. The molecule has 2 N–H and O–H groups in total. The first-order chi connectivity index (χ1) is 15.5. The molecule has 8 heteroatoms. The van der Waals surface area contributed by atoms with E-state index in [0.29, 0.717) is 25.5 Å². The Balaban J connectivity index is 0.00000385. The largest absolute Gasteiger partial charge is 0.356 e. The lowest BCUT2D eigenvalue weighted by Crippen LogP contribution is -2.42. The number of amides is 2. The Labute approximate surface area is 213 Å². The van der Waals surface area contributed by atoms with E-state index in [2.05, 4.69) is 39.9 Å². The van der Waals surface area contributed by atoms with Crippen molar-refractivity contribution in [1.29, 1.82) is 0 Å². The molecule has 1 fully saturated rings. The number of nitrogens with zero attached hydrogens (tertiary/aromatic N) is 3. The molecule has 3 rings (SSSR count). The van der Waals surface area contributed by atoms with E-state index >= 15 is 0 Å². The minimum absolute atomic E-state index is 0. The molecule has 0 aliphatic carbocycles. The van der Waals surface area contributed by atoms with Crippen molar-refractivity contribution in [3.05, 3.63) is 71.8 Å². The first kappa shape index (κ1) is 26.6. The zero-order valence-electron chi connectivity index (χ0n) is 19.5. The molecular formula is C25H34IN5O2. The van der Waals surface area contributed by atoms with Crippen LogP contribution in [0.25, 0.3) is 0 Å². The van der Waals surface area contributed by atoms with Crippen molar-refractivity contribution in [2.45, 2.75) is 18.9 Å². The highest BCUT2D eigenvalue weighted by Gasteiger charge is 2.38. The van der Waals surface area contributed by atoms with E-state index in [9.17, 15) is 9.59 Å². The van der Waals surface area contributed by atoms with E-state index in [1.165, 1.54) is 10.5 Å². The van der Waals surface area contributed by atoms with Crippen molar-refractivity contribution in [2.24, 2.45) is 10.9 Å². The van der Waals surface area contributed by atoms with E-state index < -0.39 is 0 Å². The highest BCUT2D eigenvalue weighted by Crippen LogP contribution is 2.36. The Morgan fingerprint density at radius 3 is 2.33 bits per heavy atom. The molecule has 178 valence electrons. The second-order valence-electron chi connectivity index (χ2n) is 8.32. The number of likely N-dealkylation sites (N-methyl/N-ethyl adjacent to an activating group) is 1. The second kappa shape index (κ2) is 13.2. The maximum Gasteiger partial charge on any atom is 0.243 e. The summed E-state index contributed by atoms with van der Waals surface area (Å²) in [6, 6.07) is 20.4. The smallest absolute Gasteiger partial charge is 0.243 e. The molecule has 7 nitrogen and oxygen atoms in total. The fourth-order valence-electron chi connectivity index (χ4n) is 3.94. The fourth-order valence-corrected chi connectivity index (χ4v) is 3.94. The molecule has 1 aliphatic heterocycles. The van der Waals surface area contributed by atoms with Gasteiger partial charge in [0.05, 0.1) is 6.04 Å². The van der Waals surface area contributed by atoms with E-state index in [1.807, 2.05) is 48.3 Å². The Bertz CT molecular complexity index is 921. The summed E-state index contributed by atoms with van der Waals surface area (Å²) in [7, 11) is 5.30. The van der Waals surface area contributed by atoms with Gasteiger partial charge in [0.25, 0.3) is 0 Å². The van der Waals surface area contributed by atoms with Crippen LogP contribution >= 0.6 is 24.0 Å². The minimum Gasteiger partial charge on any atom is -0.356 e. The number of rotatable bonds is 8.